The number of nitrogens with zero attached hydrogens (tertiary/aromatic N) is 2. The van der Waals surface area contributed by atoms with Crippen LogP contribution in [-0.4, -0.2) is 42.0 Å². The standard InChI is InChI=1S/C21H29N3OS2/c1-24(2)21(11-5-3-4-6-12-21)15-22-20(25)17-7-9-19(10-8-17)27-14-18-13-26-16-23-18/h7-10,13,16H,3-6,11-12,14-15H2,1-2H3,(H,22,25). The van der Waals surface area contributed by atoms with Crippen molar-refractivity contribution in [2.24, 2.45) is 0 Å². The summed E-state index contributed by atoms with van der Waals surface area (Å²) >= 11 is 3.37. The fourth-order valence-electron chi connectivity index (χ4n) is 3.68. The minimum absolute atomic E-state index is 0.0246. The summed E-state index contributed by atoms with van der Waals surface area (Å²) in [7, 11) is 4.29. The summed E-state index contributed by atoms with van der Waals surface area (Å²) in [5.74, 6) is 0.886. The topological polar surface area (TPSA) is 45.2 Å². The zero-order valence-corrected chi connectivity index (χ0v) is 17.9. The fourth-order valence-corrected chi connectivity index (χ4v) is 5.15. The van der Waals surface area contributed by atoms with E-state index < -0.39 is 0 Å². The molecule has 0 saturated heterocycles. The molecule has 1 N–H and O–H groups in total. The largest absolute Gasteiger partial charge is 0.350 e. The molecule has 146 valence electrons. The Bertz CT molecular complexity index is 706. The Labute approximate surface area is 170 Å². The average Bonchev–Trinajstić information content (AvgIpc) is 3.08. The number of thiazole rings is 1. The van der Waals surface area contributed by atoms with Gasteiger partial charge in [-0.2, -0.15) is 0 Å². The van der Waals surface area contributed by atoms with Gasteiger partial charge in [-0.1, -0.05) is 25.7 Å². The van der Waals surface area contributed by atoms with Crippen molar-refractivity contribution in [2.45, 2.75) is 54.7 Å². The van der Waals surface area contributed by atoms with Crippen LogP contribution in [0.2, 0.25) is 0 Å². The normalized spacial score (nSPS) is 16.9. The Morgan fingerprint density at radius 3 is 2.48 bits per heavy atom. The number of aromatic nitrogens is 1. The van der Waals surface area contributed by atoms with Gasteiger partial charge in [-0.3, -0.25) is 4.79 Å². The van der Waals surface area contributed by atoms with E-state index >= 15 is 0 Å². The smallest absolute Gasteiger partial charge is 0.251 e. The fraction of sp³-hybridized carbons (Fsp3) is 0.524. The number of likely N-dealkylation sites (N-methyl/N-ethyl adjacent to an activating group) is 1. The van der Waals surface area contributed by atoms with Gasteiger partial charge in [-0.05, 0) is 51.2 Å². The number of rotatable bonds is 7. The second kappa shape index (κ2) is 9.71. The van der Waals surface area contributed by atoms with Crippen molar-refractivity contribution in [3.8, 4) is 0 Å². The summed E-state index contributed by atoms with van der Waals surface area (Å²) in [4.78, 5) is 20.4. The molecular formula is C21H29N3OS2. The molecule has 27 heavy (non-hydrogen) atoms. The highest BCUT2D eigenvalue weighted by atomic mass is 32.2. The number of amides is 1. The first-order valence-electron chi connectivity index (χ1n) is 9.65. The van der Waals surface area contributed by atoms with Gasteiger partial charge in [0.25, 0.3) is 5.91 Å². The van der Waals surface area contributed by atoms with Crippen LogP contribution in [0.5, 0.6) is 0 Å². The Morgan fingerprint density at radius 1 is 1.19 bits per heavy atom. The minimum Gasteiger partial charge on any atom is -0.350 e. The lowest BCUT2D eigenvalue weighted by molar-refractivity contribution is 0.0869. The van der Waals surface area contributed by atoms with E-state index in [-0.39, 0.29) is 11.4 Å². The highest BCUT2D eigenvalue weighted by Gasteiger charge is 2.33. The van der Waals surface area contributed by atoms with Crippen LogP contribution in [0.4, 0.5) is 0 Å². The van der Waals surface area contributed by atoms with E-state index in [1.807, 2.05) is 29.8 Å². The molecule has 1 fully saturated rings. The SMILES string of the molecule is CN(C)C1(CNC(=O)c2ccc(SCc3cscn3)cc2)CCCCCC1. The van der Waals surface area contributed by atoms with Gasteiger partial charge in [-0.25, -0.2) is 4.98 Å². The van der Waals surface area contributed by atoms with Gasteiger partial charge in [0.15, 0.2) is 0 Å². The van der Waals surface area contributed by atoms with Gasteiger partial charge in [0, 0.05) is 33.7 Å². The lowest BCUT2D eigenvalue weighted by Crippen LogP contribution is -2.52. The third-order valence-corrected chi connectivity index (χ3v) is 7.23. The predicted molar refractivity (Wildman–Crippen MR) is 115 cm³/mol. The van der Waals surface area contributed by atoms with Crippen molar-refractivity contribution in [3.63, 3.8) is 0 Å². The molecule has 0 radical (unpaired) electrons. The summed E-state index contributed by atoms with van der Waals surface area (Å²) in [6.07, 6.45) is 7.43. The molecule has 1 saturated carbocycles. The second-order valence-corrected chi connectivity index (χ2v) is 9.28. The van der Waals surface area contributed by atoms with Crippen molar-refractivity contribution >= 4 is 29.0 Å². The summed E-state index contributed by atoms with van der Waals surface area (Å²) in [5, 5.41) is 5.27. The minimum atomic E-state index is 0.0246. The van der Waals surface area contributed by atoms with Crippen LogP contribution in [0.15, 0.2) is 40.1 Å². The van der Waals surface area contributed by atoms with Crippen LogP contribution < -0.4 is 5.32 Å². The van der Waals surface area contributed by atoms with Gasteiger partial charge < -0.3 is 10.2 Å². The molecule has 4 nitrogen and oxygen atoms in total. The molecule has 1 aromatic heterocycles. The molecule has 0 bridgehead atoms. The average molecular weight is 404 g/mol. The van der Waals surface area contributed by atoms with Crippen LogP contribution in [0.1, 0.15) is 54.6 Å². The van der Waals surface area contributed by atoms with Gasteiger partial charge in [-0.15, -0.1) is 23.1 Å². The van der Waals surface area contributed by atoms with E-state index in [9.17, 15) is 4.79 Å². The van der Waals surface area contributed by atoms with Crippen LogP contribution in [-0.2, 0) is 5.75 Å². The molecule has 1 aromatic carbocycles. The maximum atomic E-state index is 12.6. The highest BCUT2D eigenvalue weighted by Crippen LogP contribution is 2.30. The number of hydrogen-bond acceptors (Lipinski definition) is 5. The number of carbonyl (C=O) groups is 1. The van der Waals surface area contributed by atoms with Crippen LogP contribution in [0, 0.1) is 0 Å². The van der Waals surface area contributed by atoms with Crippen LogP contribution in [0.25, 0.3) is 0 Å². The van der Waals surface area contributed by atoms with Crippen molar-refractivity contribution in [2.75, 3.05) is 20.6 Å². The lowest BCUT2D eigenvalue weighted by atomic mass is 9.88. The van der Waals surface area contributed by atoms with E-state index in [2.05, 4.69) is 34.7 Å². The molecular weight excluding hydrogens is 374 g/mol. The van der Waals surface area contributed by atoms with Gasteiger partial charge in [0.2, 0.25) is 0 Å². The predicted octanol–water partition coefficient (Wildman–Crippen LogP) is 4.82. The van der Waals surface area contributed by atoms with Crippen molar-refractivity contribution in [3.05, 3.63) is 46.4 Å². The van der Waals surface area contributed by atoms with E-state index in [1.54, 1.807) is 23.1 Å². The molecule has 6 heteroatoms. The summed E-state index contributed by atoms with van der Waals surface area (Å²) in [5.41, 5.74) is 3.79. The molecule has 0 atom stereocenters. The number of nitrogens with one attached hydrogen (secondary N) is 1. The van der Waals surface area contributed by atoms with Crippen molar-refractivity contribution in [1.29, 1.82) is 0 Å². The van der Waals surface area contributed by atoms with Crippen LogP contribution in [0.3, 0.4) is 0 Å². The van der Waals surface area contributed by atoms with E-state index in [1.165, 1.54) is 25.7 Å². The molecule has 1 aliphatic rings. The number of thioether (sulfide) groups is 1. The maximum absolute atomic E-state index is 12.6. The zero-order chi connectivity index (χ0) is 19.1. The molecule has 0 unspecified atom stereocenters. The molecule has 2 aromatic rings. The molecule has 1 heterocycles. The molecule has 0 spiro atoms. The second-order valence-electron chi connectivity index (χ2n) is 7.51. The zero-order valence-electron chi connectivity index (χ0n) is 16.2. The maximum Gasteiger partial charge on any atom is 0.251 e. The Kier molecular flexibility index (Phi) is 7.33. The third-order valence-electron chi connectivity index (χ3n) is 5.55. The molecule has 0 aliphatic heterocycles. The quantitative estimate of drug-likeness (QED) is 0.532. The van der Waals surface area contributed by atoms with Crippen molar-refractivity contribution in [1.82, 2.24) is 15.2 Å². The van der Waals surface area contributed by atoms with E-state index in [0.29, 0.717) is 0 Å². The lowest BCUT2D eigenvalue weighted by Gasteiger charge is -2.39. The number of carbonyl (C=O) groups excluding carboxylic acids is 1. The first kappa shape index (κ1) is 20.4. The summed E-state index contributed by atoms with van der Waals surface area (Å²) < 4.78 is 0. The Morgan fingerprint density at radius 2 is 1.89 bits per heavy atom. The Balaban J connectivity index is 1.55. The van der Waals surface area contributed by atoms with E-state index in [4.69, 9.17) is 0 Å². The first-order chi connectivity index (χ1) is 13.1. The number of benzene rings is 1. The molecule has 1 amide bonds. The number of hydrogen-bond donors (Lipinski definition) is 1. The summed E-state index contributed by atoms with van der Waals surface area (Å²) in [6.45, 7) is 0.721. The van der Waals surface area contributed by atoms with Gasteiger partial charge in [0.1, 0.15) is 0 Å². The Hall–Kier alpha value is -1.37. The highest BCUT2D eigenvalue weighted by molar-refractivity contribution is 7.98. The first-order valence-corrected chi connectivity index (χ1v) is 11.6. The molecule has 3 rings (SSSR count). The van der Waals surface area contributed by atoms with Crippen molar-refractivity contribution < 1.29 is 4.79 Å². The van der Waals surface area contributed by atoms with Gasteiger partial charge in [0.05, 0.1) is 11.2 Å². The summed E-state index contributed by atoms with van der Waals surface area (Å²) in [6, 6.07) is 7.90. The molecule has 1 aliphatic carbocycles. The monoisotopic (exact) mass is 403 g/mol. The third kappa shape index (κ3) is 5.56. The van der Waals surface area contributed by atoms with E-state index in [0.717, 1.165) is 41.3 Å². The van der Waals surface area contributed by atoms with Gasteiger partial charge >= 0.3 is 0 Å². The van der Waals surface area contributed by atoms with Crippen LogP contribution >= 0.6 is 23.1 Å².